The molecular formula is C27H20Cl3F7N2O2. The van der Waals surface area contributed by atoms with E-state index in [9.17, 15) is 35.9 Å². The van der Waals surface area contributed by atoms with E-state index in [2.05, 4.69) is 5.32 Å². The van der Waals surface area contributed by atoms with Crippen LogP contribution < -0.4 is 5.32 Å². The molecule has 3 rings (SSSR count). The molecule has 1 unspecified atom stereocenters. The third-order valence-electron chi connectivity index (χ3n) is 5.97. The summed E-state index contributed by atoms with van der Waals surface area (Å²) < 4.78 is 95.4. The monoisotopic (exact) mass is 642 g/mol. The van der Waals surface area contributed by atoms with Crippen molar-refractivity contribution in [3.8, 4) is 0 Å². The standard InChI is InChI=1S/C27H20Cl3F7N2O2/c1-13(25(41)39(2)12-26(32,33)34)38-24(40)18-8-7-17(15-5-3-4-6-16(15)18)22(31)11-19(27(35,36)37)14-9-20(28)23(30)21(29)10-14/h3-11,13,19H,12H2,1-2H3,(H,38,40)/b22-11-/t13-,19?/m1/s1. The van der Waals surface area contributed by atoms with Gasteiger partial charge in [0.2, 0.25) is 5.91 Å². The number of hydrogen-bond acceptors (Lipinski definition) is 2. The minimum atomic E-state index is -4.95. The number of carbonyl (C=O) groups excluding carboxylic acids is 2. The molecule has 1 N–H and O–H groups in total. The van der Waals surface area contributed by atoms with E-state index in [0.29, 0.717) is 11.0 Å². The van der Waals surface area contributed by atoms with Crippen LogP contribution in [0.1, 0.15) is 34.3 Å². The maximum absolute atomic E-state index is 15.5. The van der Waals surface area contributed by atoms with Crippen molar-refractivity contribution in [2.24, 2.45) is 0 Å². The Hall–Kier alpha value is -3.02. The summed E-state index contributed by atoms with van der Waals surface area (Å²) in [6.07, 6.45) is -9.25. The van der Waals surface area contributed by atoms with E-state index in [1.165, 1.54) is 31.2 Å². The van der Waals surface area contributed by atoms with Crippen molar-refractivity contribution in [3.05, 3.63) is 86.4 Å². The molecule has 3 aromatic rings. The molecule has 2 atom stereocenters. The summed E-state index contributed by atoms with van der Waals surface area (Å²) in [5, 5.41) is 1.82. The number of rotatable bonds is 7. The molecule has 3 aromatic carbocycles. The van der Waals surface area contributed by atoms with Crippen LogP contribution in [0, 0.1) is 0 Å². The van der Waals surface area contributed by atoms with Gasteiger partial charge in [0.25, 0.3) is 5.91 Å². The molecule has 0 saturated heterocycles. The molecule has 0 heterocycles. The number of allylic oxidation sites excluding steroid dienone is 1. The minimum absolute atomic E-state index is 0.0650. The number of nitrogens with zero attached hydrogens (tertiary/aromatic N) is 1. The van der Waals surface area contributed by atoms with Crippen molar-refractivity contribution in [3.63, 3.8) is 0 Å². The van der Waals surface area contributed by atoms with Gasteiger partial charge in [-0.1, -0.05) is 65.1 Å². The van der Waals surface area contributed by atoms with Crippen LogP contribution in [0.25, 0.3) is 16.6 Å². The molecule has 14 heteroatoms. The molecular weight excluding hydrogens is 624 g/mol. The van der Waals surface area contributed by atoms with Crippen LogP contribution in [0.4, 0.5) is 30.7 Å². The first-order valence-electron chi connectivity index (χ1n) is 11.6. The number of likely N-dealkylation sites (N-methyl/N-ethyl adjacent to an activating group) is 1. The first kappa shape index (κ1) is 32.5. The van der Waals surface area contributed by atoms with Crippen LogP contribution in [-0.2, 0) is 4.79 Å². The number of carbonyl (C=O) groups is 2. The molecule has 0 spiro atoms. The van der Waals surface area contributed by atoms with Crippen molar-refractivity contribution in [2.75, 3.05) is 13.6 Å². The first-order valence-corrected chi connectivity index (χ1v) is 12.8. The van der Waals surface area contributed by atoms with Gasteiger partial charge in [0.05, 0.1) is 15.1 Å². The Morgan fingerprint density at radius 3 is 1.95 bits per heavy atom. The second kappa shape index (κ2) is 12.5. The fourth-order valence-electron chi connectivity index (χ4n) is 4.09. The predicted molar refractivity (Wildman–Crippen MR) is 144 cm³/mol. The highest BCUT2D eigenvalue weighted by Crippen LogP contribution is 2.42. The number of benzene rings is 3. The Labute approximate surface area is 244 Å². The van der Waals surface area contributed by atoms with Gasteiger partial charge in [-0.25, -0.2) is 4.39 Å². The fraction of sp³-hybridized carbons (Fsp3) is 0.259. The summed E-state index contributed by atoms with van der Waals surface area (Å²) in [5.74, 6) is -5.60. The zero-order chi connectivity index (χ0) is 30.9. The summed E-state index contributed by atoms with van der Waals surface area (Å²) in [7, 11) is 0.929. The number of amides is 2. The van der Waals surface area contributed by atoms with Crippen LogP contribution >= 0.6 is 34.8 Å². The van der Waals surface area contributed by atoms with Crippen molar-refractivity contribution >= 4 is 63.2 Å². The molecule has 2 amide bonds. The zero-order valence-corrected chi connectivity index (χ0v) is 23.4. The van der Waals surface area contributed by atoms with Gasteiger partial charge >= 0.3 is 12.4 Å². The van der Waals surface area contributed by atoms with E-state index in [4.69, 9.17) is 34.8 Å². The van der Waals surface area contributed by atoms with Crippen LogP contribution in [0.2, 0.25) is 15.1 Å². The maximum atomic E-state index is 15.5. The van der Waals surface area contributed by atoms with Crippen LogP contribution in [0.3, 0.4) is 0 Å². The van der Waals surface area contributed by atoms with Crippen molar-refractivity contribution < 1.29 is 40.3 Å². The third kappa shape index (κ3) is 7.84. The predicted octanol–water partition coefficient (Wildman–Crippen LogP) is 8.60. The van der Waals surface area contributed by atoms with Gasteiger partial charge in [-0.05, 0) is 47.5 Å². The van der Waals surface area contributed by atoms with Gasteiger partial charge in [-0.2, -0.15) is 26.3 Å². The average molecular weight is 644 g/mol. The smallest absolute Gasteiger partial charge is 0.341 e. The molecule has 0 fully saturated rings. The Balaban J connectivity index is 1.99. The summed E-state index contributed by atoms with van der Waals surface area (Å²) in [6.45, 7) is -0.332. The molecule has 41 heavy (non-hydrogen) atoms. The Morgan fingerprint density at radius 2 is 1.44 bits per heavy atom. The summed E-state index contributed by atoms with van der Waals surface area (Å²) in [4.78, 5) is 25.7. The molecule has 0 saturated carbocycles. The lowest BCUT2D eigenvalue weighted by Crippen LogP contribution is -2.48. The molecule has 220 valence electrons. The van der Waals surface area contributed by atoms with E-state index in [1.807, 2.05) is 0 Å². The van der Waals surface area contributed by atoms with Gasteiger partial charge < -0.3 is 10.2 Å². The lowest BCUT2D eigenvalue weighted by molar-refractivity contribution is -0.159. The van der Waals surface area contributed by atoms with Gasteiger partial charge in [-0.15, -0.1) is 0 Å². The third-order valence-corrected chi connectivity index (χ3v) is 7.16. The van der Waals surface area contributed by atoms with Gasteiger partial charge in [0, 0.05) is 18.2 Å². The SMILES string of the molecule is C[C@@H](NC(=O)c1ccc(/C(F)=C/C(c2cc(Cl)c(Cl)c(Cl)c2)C(F)(F)F)c2ccccc12)C(=O)N(C)CC(F)(F)F. The number of fused-ring (bicyclic) bond motifs is 1. The molecule has 0 aliphatic heterocycles. The average Bonchev–Trinajstić information content (AvgIpc) is 2.87. The van der Waals surface area contributed by atoms with Gasteiger partial charge in [0.1, 0.15) is 24.3 Å². The van der Waals surface area contributed by atoms with Crippen molar-refractivity contribution in [1.82, 2.24) is 10.2 Å². The normalized spacial score (nSPS) is 14.1. The van der Waals surface area contributed by atoms with Crippen molar-refractivity contribution in [1.29, 1.82) is 0 Å². The Bertz CT molecular complexity index is 1480. The highest BCUT2D eigenvalue weighted by molar-refractivity contribution is 6.48. The highest BCUT2D eigenvalue weighted by Gasteiger charge is 2.40. The summed E-state index contributed by atoms with van der Waals surface area (Å²) in [5.41, 5.74) is -0.813. The minimum Gasteiger partial charge on any atom is -0.341 e. The second-order valence-electron chi connectivity index (χ2n) is 9.04. The first-order chi connectivity index (χ1) is 18.9. The van der Waals surface area contributed by atoms with E-state index in [1.54, 1.807) is 0 Å². The molecule has 0 radical (unpaired) electrons. The molecule has 0 aliphatic carbocycles. The zero-order valence-electron chi connectivity index (χ0n) is 21.1. The topological polar surface area (TPSA) is 49.4 Å². The van der Waals surface area contributed by atoms with Crippen LogP contribution in [0.5, 0.6) is 0 Å². The largest absolute Gasteiger partial charge is 0.406 e. The number of hydrogen-bond donors (Lipinski definition) is 1. The van der Waals surface area contributed by atoms with E-state index < -0.39 is 54.1 Å². The number of alkyl halides is 6. The molecule has 0 bridgehead atoms. The molecule has 0 aromatic heterocycles. The maximum Gasteiger partial charge on any atom is 0.406 e. The van der Waals surface area contributed by atoms with Crippen molar-refractivity contribution in [2.45, 2.75) is 31.2 Å². The lowest BCUT2D eigenvalue weighted by atomic mass is 9.94. The summed E-state index contributed by atoms with van der Waals surface area (Å²) >= 11 is 17.6. The van der Waals surface area contributed by atoms with Gasteiger partial charge in [0.15, 0.2) is 0 Å². The number of nitrogens with one attached hydrogen (secondary N) is 1. The highest BCUT2D eigenvalue weighted by atomic mass is 35.5. The Kier molecular flexibility index (Phi) is 9.88. The van der Waals surface area contributed by atoms with Gasteiger partial charge in [-0.3, -0.25) is 9.59 Å². The fourth-order valence-corrected chi connectivity index (χ4v) is 4.70. The molecule has 4 nitrogen and oxygen atoms in total. The van der Waals surface area contributed by atoms with E-state index in [0.717, 1.165) is 31.3 Å². The second-order valence-corrected chi connectivity index (χ2v) is 10.2. The molecule has 0 aliphatic rings. The summed E-state index contributed by atoms with van der Waals surface area (Å²) in [6, 6.07) is 8.47. The van der Waals surface area contributed by atoms with Crippen LogP contribution in [0.15, 0.2) is 54.6 Å². The lowest BCUT2D eigenvalue weighted by Gasteiger charge is -2.23. The number of halogens is 10. The van der Waals surface area contributed by atoms with E-state index >= 15 is 4.39 Å². The van der Waals surface area contributed by atoms with Crippen LogP contribution in [-0.4, -0.2) is 48.7 Å². The Morgan fingerprint density at radius 1 is 0.927 bits per heavy atom. The van der Waals surface area contributed by atoms with E-state index in [-0.39, 0.29) is 37.0 Å². The quantitative estimate of drug-likeness (QED) is 0.207.